The summed E-state index contributed by atoms with van der Waals surface area (Å²) in [5.74, 6) is -0.727. The van der Waals surface area contributed by atoms with Gasteiger partial charge in [-0.3, -0.25) is 9.59 Å². The highest BCUT2D eigenvalue weighted by Gasteiger charge is 2.27. The van der Waals surface area contributed by atoms with E-state index in [9.17, 15) is 18.0 Å². The van der Waals surface area contributed by atoms with Crippen LogP contribution in [0.5, 0.6) is 0 Å². The van der Waals surface area contributed by atoms with Crippen molar-refractivity contribution >= 4 is 27.5 Å². The normalized spacial score (nSPS) is 14.7. The van der Waals surface area contributed by atoms with Crippen molar-refractivity contribution in [3.63, 3.8) is 0 Å². The lowest BCUT2D eigenvalue weighted by molar-refractivity contribution is 0.0964. The molecule has 1 aliphatic heterocycles. The van der Waals surface area contributed by atoms with Crippen LogP contribution in [0.1, 0.15) is 33.6 Å². The summed E-state index contributed by atoms with van der Waals surface area (Å²) in [6, 6.07) is 12.5. The van der Waals surface area contributed by atoms with Crippen molar-refractivity contribution in [1.82, 2.24) is 9.62 Å². The summed E-state index contributed by atoms with van der Waals surface area (Å²) in [6.45, 7) is 1.06. The van der Waals surface area contributed by atoms with Crippen molar-refractivity contribution in [2.45, 2.75) is 17.7 Å². The van der Waals surface area contributed by atoms with Gasteiger partial charge in [0.25, 0.3) is 11.8 Å². The van der Waals surface area contributed by atoms with Crippen LogP contribution in [0.15, 0.2) is 53.4 Å². The minimum absolute atomic E-state index is 0.173. The zero-order chi connectivity index (χ0) is 19.4. The average molecular weight is 387 g/mol. The number of hydrogen-bond donors (Lipinski definition) is 2. The lowest BCUT2D eigenvalue weighted by atomic mass is 10.1. The van der Waals surface area contributed by atoms with Crippen LogP contribution in [0.2, 0.25) is 0 Å². The molecule has 0 radical (unpaired) electrons. The summed E-state index contributed by atoms with van der Waals surface area (Å²) in [5.41, 5.74) is 1.04. The van der Waals surface area contributed by atoms with Crippen LogP contribution in [-0.4, -0.2) is 44.7 Å². The van der Waals surface area contributed by atoms with E-state index in [1.807, 2.05) is 0 Å². The first-order valence-corrected chi connectivity index (χ1v) is 10.1. The van der Waals surface area contributed by atoms with Gasteiger partial charge in [0.1, 0.15) is 0 Å². The highest BCUT2D eigenvalue weighted by Crippen LogP contribution is 2.22. The molecule has 1 saturated heterocycles. The fourth-order valence-corrected chi connectivity index (χ4v) is 4.49. The van der Waals surface area contributed by atoms with Gasteiger partial charge in [0.2, 0.25) is 10.0 Å². The van der Waals surface area contributed by atoms with Gasteiger partial charge in [-0.05, 0) is 49.2 Å². The molecule has 27 heavy (non-hydrogen) atoms. The molecular weight excluding hydrogens is 366 g/mol. The van der Waals surface area contributed by atoms with Gasteiger partial charge < -0.3 is 10.6 Å². The Morgan fingerprint density at radius 1 is 0.926 bits per heavy atom. The molecule has 0 unspecified atom stereocenters. The van der Waals surface area contributed by atoms with E-state index in [1.54, 1.807) is 24.3 Å². The predicted molar refractivity (Wildman–Crippen MR) is 102 cm³/mol. The third-order valence-electron chi connectivity index (χ3n) is 4.47. The number of nitrogens with zero attached hydrogens (tertiary/aromatic N) is 1. The maximum Gasteiger partial charge on any atom is 0.255 e. The molecular formula is C19H21N3O4S. The van der Waals surface area contributed by atoms with Gasteiger partial charge in [-0.2, -0.15) is 4.31 Å². The Hall–Kier alpha value is -2.71. The van der Waals surface area contributed by atoms with E-state index in [0.717, 1.165) is 12.8 Å². The number of carbonyl (C=O) groups is 2. The Labute approximate surface area is 158 Å². The van der Waals surface area contributed by atoms with E-state index in [0.29, 0.717) is 29.9 Å². The summed E-state index contributed by atoms with van der Waals surface area (Å²) >= 11 is 0. The van der Waals surface area contributed by atoms with Crippen molar-refractivity contribution < 1.29 is 18.0 Å². The number of anilines is 1. The Morgan fingerprint density at radius 3 is 2.19 bits per heavy atom. The maximum atomic E-state index is 12.5. The Morgan fingerprint density at radius 2 is 1.56 bits per heavy atom. The second-order valence-electron chi connectivity index (χ2n) is 6.21. The lowest BCUT2D eigenvalue weighted by Gasteiger charge is -2.15. The van der Waals surface area contributed by atoms with Gasteiger partial charge in [-0.15, -0.1) is 0 Å². The number of rotatable bonds is 5. The molecule has 8 heteroatoms. The molecule has 2 N–H and O–H groups in total. The summed E-state index contributed by atoms with van der Waals surface area (Å²) < 4.78 is 26.5. The highest BCUT2D eigenvalue weighted by molar-refractivity contribution is 7.89. The molecule has 1 fully saturated rings. The molecule has 0 aliphatic carbocycles. The molecule has 0 bridgehead atoms. The molecule has 0 spiro atoms. The lowest BCUT2D eigenvalue weighted by Crippen LogP contribution is -2.27. The zero-order valence-corrected chi connectivity index (χ0v) is 15.8. The molecule has 142 valence electrons. The quantitative estimate of drug-likeness (QED) is 0.821. The molecule has 1 aliphatic rings. The van der Waals surface area contributed by atoms with Crippen molar-refractivity contribution in [2.75, 3.05) is 25.5 Å². The monoisotopic (exact) mass is 387 g/mol. The van der Waals surface area contributed by atoms with Gasteiger partial charge in [-0.25, -0.2) is 8.42 Å². The van der Waals surface area contributed by atoms with Crippen LogP contribution in [-0.2, 0) is 10.0 Å². The molecule has 7 nitrogen and oxygen atoms in total. The number of para-hydroxylation sites is 1. The number of sulfonamides is 1. The van der Waals surface area contributed by atoms with E-state index in [2.05, 4.69) is 10.6 Å². The molecule has 0 saturated carbocycles. The number of carbonyl (C=O) groups excluding carboxylic acids is 2. The fourth-order valence-electron chi connectivity index (χ4n) is 2.98. The predicted octanol–water partition coefficient (Wildman–Crippen LogP) is 2.08. The first-order valence-electron chi connectivity index (χ1n) is 8.66. The molecule has 0 aromatic heterocycles. The van der Waals surface area contributed by atoms with Crippen molar-refractivity contribution in [3.05, 3.63) is 59.7 Å². The van der Waals surface area contributed by atoms with E-state index in [4.69, 9.17) is 0 Å². The number of nitrogens with one attached hydrogen (secondary N) is 2. The second kappa shape index (κ2) is 7.89. The van der Waals surface area contributed by atoms with Crippen molar-refractivity contribution in [3.8, 4) is 0 Å². The van der Waals surface area contributed by atoms with Crippen molar-refractivity contribution in [2.24, 2.45) is 0 Å². The van der Waals surface area contributed by atoms with Gasteiger partial charge in [-0.1, -0.05) is 12.1 Å². The fraction of sp³-hybridized carbons (Fsp3) is 0.263. The SMILES string of the molecule is CNC(=O)c1ccccc1NC(=O)c1ccc(S(=O)(=O)N2CCCC2)cc1. The average Bonchev–Trinajstić information content (AvgIpc) is 3.23. The van der Waals surface area contributed by atoms with Crippen LogP contribution in [0.3, 0.4) is 0 Å². The zero-order valence-electron chi connectivity index (χ0n) is 14.9. The standard InChI is InChI=1S/C19H21N3O4S/c1-20-19(24)16-6-2-3-7-17(16)21-18(23)14-8-10-15(11-9-14)27(25,26)22-12-4-5-13-22/h2-3,6-11H,4-5,12-13H2,1H3,(H,20,24)(H,21,23). The van der Waals surface area contributed by atoms with E-state index < -0.39 is 15.9 Å². The van der Waals surface area contributed by atoms with Crippen LogP contribution in [0, 0.1) is 0 Å². The largest absolute Gasteiger partial charge is 0.355 e. The van der Waals surface area contributed by atoms with Crippen molar-refractivity contribution in [1.29, 1.82) is 0 Å². The summed E-state index contributed by atoms with van der Waals surface area (Å²) in [5, 5.41) is 5.22. The summed E-state index contributed by atoms with van der Waals surface area (Å²) in [6.07, 6.45) is 1.73. The molecule has 1 heterocycles. The first kappa shape index (κ1) is 19.1. The Kier molecular flexibility index (Phi) is 5.57. The Bertz CT molecular complexity index is 949. The maximum absolute atomic E-state index is 12.5. The topological polar surface area (TPSA) is 95.6 Å². The van der Waals surface area contributed by atoms with Gasteiger partial charge >= 0.3 is 0 Å². The minimum atomic E-state index is -3.51. The van der Waals surface area contributed by atoms with Gasteiger partial charge in [0.15, 0.2) is 0 Å². The van der Waals surface area contributed by atoms with Gasteiger partial charge in [0, 0.05) is 25.7 Å². The Balaban J connectivity index is 1.78. The van der Waals surface area contributed by atoms with E-state index in [1.165, 1.54) is 35.6 Å². The number of amides is 2. The highest BCUT2D eigenvalue weighted by atomic mass is 32.2. The number of benzene rings is 2. The van der Waals surface area contributed by atoms with Crippen LogP contribution >= 0.6 is 0 Å². The van der Waals surface area contributed by atoms with Crippen LogP contribution in [0.4, 0.5) is 5.69 Å². The smallest absolute Gasteiger partial charge is 0.255 e. The third kappa shape index (κ3) is 4.01. The van der Waals surface area contributed by atoms with Gasteiger partial charge in [0.05, 0.1) is 16.1 Å². The summed E-state index contributed by atoms with van der Waals surface area (Å²) in [4.78, 5) is 24.6. The molecule has 2 aromatic rings. The van der Waals surface area contributed by atoms with E-state index >= 15 is 0 Å². The number of hydrogen-bond acceptors (Lipinski definition) is 4. The third-order valence-corrected chi connectivity index (χ3v) is 6.38. The van der Waals surface area contributed by atoms with E-state index in [-0.39, 0.29) is 10.8 Å². The minimum Gasteiger partial charge on any atom is -0.355 e. The molecule has 2 amide bonds. The van der Waals surface area contributed by atoms with Crippen LogP contribution < -0.4 is 10.6 Å². The molecule has 0 atom stereocenters. The second-order valence-corrected chi connectivity index (χ2v) is 8.15. The molecule has 3 rings (SSSR count). The molecule has 2 aromatic carbocycles. The van der Waals surface area contributed by atoms with Crippen LogP contribution in [0.25, 0.3) is 0 Å². The first-order chi connectivity index (χ1) is 12.9. The summed E-state index contributed by atoms with van der Waals surface area (Å²) in [7, 11) is -2.00.